The molecule has 2 atom stereocenters. The van der Waals surface area contributed by atoms with E-state index in [0.717, 1.165) is 5.56 Å². The second kappa shape index (κ2) is 10.5. The molecule has 2 aromatic rings. The summed E-state index contributed by atoms with van der Waals surface area (Å²) in [6, 6.07) is 15.2. The van der Waals surface area contributed by atoms with Crippen LogP contribution in [0.3, 0.4) is 0 Å². The average Bonchev–Trinajstić information content (AvgIpc) is 2.74. The van der Waals surface area contributed by atoms with Gasteiger partial charge in [0.05, 0.1) is 8.07 Å². The van der Waals surface area contributed by atoms with E-state index in [1.165, 1.54) is 24.3 Å². The molecule has 0 amide bonds. The lowest BCUT2D eigenvalue weighted by Crippen LogP contribution is -2.62. The molecule has 0 radical (unpaired) electrons. The molecular weight excluding hydrogens is 415 g/mol. The molecule has 0 heterocycles. The Morgan fingerprint density at radius 2 is 1.65 bits per heavy atom. The molecule has 7 heteroatoms. The molecule has 0 saturated heterocycles. The minimum atomic E-state index is -2.55. The zero-order chi connectivity index (χ0) is 23.1. The number of ether oxygens (including phenoxy) is 2. The van der Waals surface area contributed by atoms with Crippen LogP contribution in [0.15, 0.2) is 66.7 Å². The molecule has 0 aromatic heterocycles. The van der Waals surface area contributed by atoms with Gasteiger partial charge < -0.3 is 14.6 Å². The number of halogens is 1. The molecule has 2 rings (SSSR count). The SMILES string of the molecule is C[C@H](/C=C/C(=O)OCc1ccccc1)[C@](O)(C(=O)OCc1ccccc1F)[Si](C)(C)C. The summed E-state index contributed by atoms with van der Waals surface area (Å²) in [5.41, 5.74) is 1.08. The van der Waals surface area contributed by atoms with Crippen LogP contribution in [0.25, 0.3) is 0 Å². The third-order valence-electron chi connectivity index (χ3n) is 5.18. The van der Waals surface area contributed by atoms with E-state index in [9.17, 15) is 19.1 Å². The first kappa shape index (κ1) is 24.5. The van der Waals surface area contributed by atoms with Gasteiger partial charge in [0, 0.05) is 17.6 Å². The van der Waals surface area contributed by atoms with Gasteiger partial charge in [0.15, 0.2) is 5.22 Å². The fourth-order valence-electron chi connectivity index (χ4n) is 3.18. The van der Waals surface area contributed by atoms with Gasteiger partial charge in [0.2, 0.25) is 0 Å². The van der Waals surface area contributed by atoms with Crippen molar-refractivity contribution in [2.45, 2.75) is 45.0 Å². The fourth-order valence-corrected chi connectivity index (χ4v) is 5.33. The summed E-state index contributed by atoms with van der Waals surface area (Å²) in [5.74, 6) is -2.60. The predicted molar refractivity (Wildman–Crippen MR) is 119 cm³/mol. The molecule has 0 aliphatic carbocycles. The minimum Gasteiger partial charge on any atom is -0.459 e. The van der Waals surface area contributed by atoms with Gasteiger partial charge in [-0.25, -0.2) is 14.0 Å². The van der Waals surface area contributed by atoms with Crippen molar-refractivity contribution in [3.8, 4) is 0 Å². The molecule has 31 heavy (non-hydrogen) atoms. The normalized spacial score (nSPS) is 14.6. The van der Waals surface area contributed by atoms with Gasteiger partial charge in [-0.05, 0) is 11.6 Å². The van der Waals surface area contributed by atoms with Crippen LogP contribution in [-0.2, 0) is 32.3 Å². The summed E-state index contributed by atoms with van der Waals surface area (Å²) < 4.78 is 24.3. The molecule has 0 spiro atoms. The van der Waals surface area contributed by atoms with Crippen molar-refractivity contribution in [3.05, 3.63) is 83.7 Å². The predicted octanol–water partition coefficient (Wildman–Crippen LogP) is 4.41. The lowest BCUT2D eigenvalue weighted by Gasteiger charge is -2.40. The Balaban J connectivity index is 2.06. The Morgan fingerprint density at radius 1 is 1.03 bits per heavy atom. The summed E-state index contributed by atoms with van der Waals surface area (Å²) in [6.45, 7) is 6.97. The average molecular weight is 445 g/mol. The summed E-state index contributed by atoms with van der Waals surface area (Å²) in [7, 11) is -2.55. The maximum atomic E-state index is 13.8. The molecule has 0 saturated carbocycles. The van der Waals surface area contributed by atoms with Crippen molar-refractivity contribution in [2.75, 3.05) is 0 Å². The first-order valence-electron chi connectivity index (χ1n) is 10.1. The van der Waals surface area contributed by atoms with Crippen molar-refractivity contribution in [1.82, 2.24) is 0 Å². The van der Waals surface area contributed by atoms with Crippen LogP contribution >= 0.6 is 0 Å². The van der Waals surface area contributed by atoms with E-state index in [0.29, 0.717) is 0 Å². The molecule has 2 aromatic carbocycles. The Kier molecular flexibility index (Phi) is 8.30. The van der Waals surface area contributed by atoms with E-state index in [-0.39, 0.29) is 18.8 Å². The second-order valence-corrected chi connectivity index (χ2v) is 13.7. The van der Waals surface area contributed by atoms with Crippen LogP contribution in [-0.4, -0.2) is 30.3 Å². The molecule has 166 valence electrons. The van der Waals surface area contributed by atoms with Gasteiger partial charge in [-0.3, -0.25) is 0 Å². The molecule has 0 aliphatic rings. The first-order valence-corrected chi connectivity index (χ1v) is 13.6. The highest BCUT2D eigenvalue weighted by molar-refractivity contribution is 6.82. The number of carbonyl (C=O) groups excluding carboxylic acids is 2. The Labute approximate surface area is 183 Å². The van der Waals surface area contributed by atoms with E-state index in [4.69, 9.17) is 9.47 Å². The van der Waals surface area contributed by atoms with Crippen molar-refractivity contribution < 1.29 is 28.6 Å². The van der Waals surface area contributed by atoms with Crippen LogP contribution < -0.4 is 0 Å². The van der Waals surface area contributed by atoms with Crippen LogP contribution in [0.1, 0.15) is 18.1 Å². The molecule has 0 aliphatic heterocycles. The fraction of sp³-hybridized carbons (Fsp3) is 0.333. The topological polar surface area (TPSA) is 72.8 Å². The first-order chi connectivity index (χ1) is 14.6. The number of rotatable bonds is 9. The smallest absolute Gasteiger partial charge is 0.335 e. The third-order valence-corrected chi connectivity index (χ3v) is 8.12. The highest BCUT2D eigenvalue weighted by Crippen LogP contribution is 2.32. The Morgan fingerprint density at radius 3 is 2.26 bits per heavy atom. The van der Waals surface area contributed by atoms with Crippen LogP contribution in [0, 0.1) is 11.7 Å². The molecular formula is C24H29FO5Si. The third kappa shape index (κ3) is 6.35. The van der Waals surface area contributed by atoms with Gasteiger partial charge in [0.25, 0.3) is 0 Å². The monoisotopic (exact) mass is 444 g/mol. The number of aliphatic hydroxyl groups is 1. The van der Waals surface area contributed by atoms with Crippen molar-refractivity contribution in [2.24, 2.45) is 5.92 Å². The van der Waals surface area contributed by atoms with E-state index in [2.05, 4.69) is 0 Å². The second-order valence-electron chi connectivity index (χ2n) is 8.43. The number of esters is 2. The zero-order valence-corrected chi connectivity index (χ0v) is 19.3. The number of benzene rings is 2. The Hall–Kier alpha value is -2.77. The van der Waals surface area contributed by atoms with Gasteiger partial charge in [-0.2, -0.15) is 0 Å². The zero-order valence-electron chi connectivity index (χ0n) is 18.3. The Bertz CT molecular complexity index is 923. The van der Waals surface area contributed by atoms with E-state index in [1.807, 2.05) is 50.0 Å². The van der Waals surface area contributed by atoms with Gasteiger partial charge in [-0.1, -0.05) is 81.2 Å². The molecule has 1 N–H and O–H groups in total. The molecule has 0 bridgehead atoms. The summed E-state index contributed by atoms with van der Waals surface area (Å²) >= 11 is 0. The van der Waals surface area contributed by atoms with Crippen LogP contribution in [0.5, 0.6) is 0 Å². The van der Waals surface area contributed by atoms with Gasteiger partial charge in [-0.15, -0.1) is 0 Å². The summed E-state index contributed by atoms with van der Waals surface area (Å²) in [5, 5.41) is 9.53. The largest absolute Gasteiger partial charge is 0.459 e. The highest BCUT2D eigenvalue weighted by Gasteiger charge is 2.52. The van der Waals surface area contributed by atoms with Crippen molar-refractivity contribution >= 4 is 20.0 Å². The van der Waals surface area contributed by atoms with E-state index >= 15 is 0 Å². The number of hydrogen-bond acceptors (Lipinski definition) is 5. The van der Waals surface area contributed by atoms with Crippen molar-refractivity contribution in [1.29, 1.82) is 0 Å². The summed E-state index contributed by atoms with van der Waals surface area (Å²) in [6.07, 6.45) is 2.67. The van der Waals surface area contributed by atoms with Crippen molar-refractivity contribution in [3.63, 3.8) is 0 Å². The quantitative estimate of drug-likeness (QED) is 0.352. The molecule has 0 fully saturated rings. The van der Waals surface area contributed by atoms with Gasteiger partial charge in [0.1, 0.15) is 19.0 Å². The maximum Gasteiger partial charge on any atom is 0.335 e. The maximum absolute atomic E-state index is 13.8. The van der Waals surface area contributed by atoms with Crippen LogP contribution in [0.4, 0.5) is 4.39 Å². The van der Waals surface area contributed by atoms with Crippen LogP contribution in [0.2, 0.25) is 19.6 Å². The number of carbonyl (C=O) groups is 2. The summed E-state index contributed by atoms with van der Waals surface area (Å²) in [4.78, 5) is 25.0. The lowest BCUT2D eigenvalue weighted by atomic mass is 10.0. The highest BCUT2D eigenvalue weighted by atomic mass is 28.3. The lowest BCUT2D eigenvalue weighted by molar-refractivity contribution is -0.162. The molecule has 5 nitrogen and oxygen atoms in total. The standard InChI is InChI=1S/C24H29FO5Si/c1-18(14-15-22(26)29-16-19-10-6-5-7-11-19)24(28,31(2,3)4)23(27)30-17-20-12-8-9-13-21(20)25/h5-15,18,28H,16-17H2,1-4H3/b15-14+/t18-,24-/m1/s1. The van der Waals surface area contributed by atoms with E-state index in [1.54, 1.807) is 19.1 Å². The minimum absolute atomic E-state index is 0.126. The molecule has 0 unspecified atom stereocenters. The van der Waals surface area contributed by atoms with Gasteiger partial charge >= 0.3 is 11.9 Å². The number of hydrogen-bond donors (Lipinski definition) is 1. The van der Waals surface area contributed by atoms with E-state index < -0.39 is 37.0 Å².